The molecule has 2 aromatic rings. The molecule has 0 spiro atoms. The van der Waals surface area contributed by atoms with E-state index < -0.39 is 18.0 Å². The van der Waals surface area contributed by atoms with Crippen molar-refractivity contribution in [2.75, 3.05) is 17.4 Å². The van der Waals surface area contributed by atoms with Crippen molar-refractivity contribution in [2.45, 2.75) is 6.04 Å². The van der Waals surface area contributed by atoms with Crippen molar-refractivity contribution in [2.24, 2.45) is 0 Å². The molecule has 25 heavy (non-hydrogen) atoms. The zero-order valence-electron chi connectivity index (χ0n) is 13.6. The van der Waals surface area contributed by atoms with Crippen LogP contribution < -0.4 is 21.1 Å². The van der Waals surface area contributed by atoms with Crippen LogP contribution in [-0.2, 0) is 9.53 Å². The SMILES string of the molecule is COC1=CN(c2ccccc2)NC(=O)C1NC(=O)Nc1ccccc1. The van der Waals surface area contributed by atoms with Crippen LogP contribution in [0.2, 0.25) is 0 Å². The molecule has 7 heteroatoms. The number of benzene rings is 2. The van der Waals surface area contributed by atoms with Gasteiger partial charge < -0.3 is 15.4 Å². The predicted molar refractivity (Wildman–Crippen MR) is 94.5 cm³/mol. The van der Waals surface area contributed by atoms with Gasteiger partial charge >= 0.3 is 6.03 Å². The summed E-state index contributed by atoms with van der Waals surface area (Å²) in [6.45, 7) is 0. The number of nitrogens with zero attached hydrogens (tertiary/aromatic N) is 1. The van der Waals surface area contributed by atoms with Crippen molar-refractivity contribution in [3.05, 3.63) is 72.6 Å². The minimum Gasteiger partial charge on any atom is -0.497 e. The molecule has 1 atom stereocenters. The summed E-state index contributed by atoms with van der Waals surface area (Å²) in [4.78, 5) is 24.6. The Morgan fingerprint density at radius 3 is 2.36 bits per heavy atom. The minimum absolute atomic E-state index is 0.329. The van der Waals surface area contributed by atoms with Gasteiger partial charge in [-0.3, -0.25) is 15.2 Å². The summed E-state index contributed by atoms with van der Waals surface area (Å²) in [7, 11) is 1.46. The van der Waals surface area contributed by atoms with Gasteiger partial charge in [0, 0.05) is 5.69 Å². The Morgan fingerprint density at radius 2 is 1.72 bits per heavy atom. The Labute approximate surface area is 145 Å². The summed E-state index contributed by atoms with van der Waals surface area (Å²) in [6.07, 6.45) is 1.63. The van der Waals surface area contributed by atoms with E-state index in [2.05, 4.69) is 16.1 Å². The van der Waals surface area contributed by atoms with Crippen LogP contribution in [0.1, 0.15) is 0 Å². The third-order valence-electron chi connectivity index (χ3n) is 3.61. The molecule has 0 saturated carbocycles. The van der Waals surface area contributed by atoms with E-state index in [1.165, 1.54) is 7.11 Å². The van der Waals surface area contributed by atoms with Crippen molar-refractivity contribution in [1.82, 2.24) is 10.7 Å². The topological polar surface area (TPSA) is 82.7 Å². The number of urea groups is 1. The molecule has 3 rings (SSSR count). The monoisotopic (exact) mass is 338 g/mol. The summed E-state index contributed by atoms with van der Waals surface area (Å²) in [5.74, 6) is -0.0674. The number of para-hydroxylation sites is 2. The average molecular weight is 338 g/mol. The van der Waals surface area contributed by atoms with Gasteiger partial charge in [0.2, 0.25) is 0 Å². The van der Waals surface area contributed by atoms with Crippen LogP contribution >= 0.6 is 0 Å². The second kappa shape index (κ2) is 7.39. The van der Waals surface area contributed by atoms with Gasteiger partial charge in [0.15, 0.2) is 6.04 Å². The lowest BCUT2D eigenvalue weighted by Crippen LogP contribution is -2.56. The summed E-state index contributed by atoms with van der Waals surface area (Å²) < 4.78 is 5.29. The molecule has 0 radical (unpaired) electrons. The number of hydrogen-bond acceptors (Lipinski definition) is 4. The van der Waals surface area contributed by atoms with Crippen LogP contribution in [0.25, 0.3) is 0 Å². The normalized spacial score (nSPS) is 16.5. The zero-order chi connectivity index (χ0) is 17.6. The van der Waals surface area contributed by atoms with Crippen LogP contribution in [-0.4, -0.2) is 25.1 Å². The fourth-order valence-electron chi connectivity index (χ4n) is 2.40. The fraction of sp³-hybridized carbons (Fsp3) is 0.111. The third-order valence-corrected chi connectivity index (χ3v) is 3.61. The van der Waals surface area contributed by atoms with Crippen molar-refractivity contribution in [3.63, 3.8) is 0 Å². The van der Waals surface area contributed by atoms with E-state index in [0.717, 1.165) is 5.69 Å². The Morgan fingerprint density at radius 1 is 1.08 bits per heavy atom. The maximum atomic E-state index is 12.4. The Hall–Kier alpha value is -3.48. The van der Waals surface area contributed by atoms with Gasteiger partial charge in [-0.15, -0.1) is 0 Å². The smallest absolute Gasteiger partial charge is 0.320 e. The Kier molecular flexibility index (Phi) is 4.84. The Balaban J connectivity index is 1.73. The number of hydrogen-bond donors (Lipinski definition) is 3. The molecule has 1 aliphatic heterocycles. The summed E-state index contributed by atoms with van der Waals surface area (Å²) in [6, 6.07) is 16.9. The molecule has 0 saturated heterocycles. The molecule has 0 aromatic heterocycles. The molecule has 3 amide bonds. The van der Waals surface area contributed by atoms with Crippen molar-refractivity contribution < 1.29 is 14.3 Å². The number of rotatable bonds is 4. The largest absolute Gasteiger partial charge is 0.497 e. The molecule has 1 heterocycles. The number of amides is 3. The van der Waals surface area contributed by atoms with E-state index in [4.69, 9.17) is 4.74 Å². The molecule has 7 nitrogen and oxygen atoms in total. The van der Waals surface area contributed by atoms with Crippen LogP contribution in [0, 0.1) is 0 Å². The molecular weight excluding hydrogens is 320 g/mol. The number of nitrogens with one attached hydrogen (secondary N) is 3. The average Bonchev–Trinajstić information content (AvgIpc) is 2.64. The van der Waals surface area contributed by atoms with Gasteiger partial charge in [0.05, 0.1) is 19.0 Å². The fourth-order valence-corrected chi connectivity index (χ4v) is 2.40. The van der Waals surface area contributed by atoms with E-state index in [1.807, 2.05) is 36.4 Å². The van der Waals surface area contributed by atoms with Gasteiger partial charge in [-0.25, -0.2) is 4.79 Å². The van der Waals surface area contributed by atoms with E-state index in [-0.39, 0.29) is 0 Å². The number of methoxy groups -OCH3 is 1. The zero-order valence-corrected chi connectivity index (χ0v) is 13.6. The van der Waals surface area contributed by atoms with Crippen LogP contribution in [0.5, 0.6) is 0 Å². The quantitative estimate of drug-likeness (QED) is 0.798. The number of anilines is 2. The van der Waals surface area contributed by atoms with E-state index in [0.29, 0.717) is 11.4 Å². The lowest BCUT2D eigenvalue weighted by atomic mass is 10.2. The molecule has 1 aliphatic rings. The van der Waals surface area contributed by atoms with Gasteiger partial charge in [0.25, 0.3) is 5.91 Å². The highest BCUT2D eigenvalue weighted by atomic mass is 16.5. The van der Waals surface area contributed by atoms with Crippen LogP contribution in [0.3, 0.4) is 0 Å². The third kappa shape index (κ3) is 3.89. The van der Waals surface area contributed by atoms with E-state index in [1.54, 1.807) is 35.5 Å². The molecule has 0 aliphatic carbocycles. The number of carbonyl (C=O) groups excluding carboxylic acids is 2. The maximum absolute atomic E-state index is 12.4. The molecule has 3 N–H and O–H groups in total. The Bertz CT molecular complexity index is 777. The highest BCUT2D eigenvalue weighted by Gasteiger charge is 2.32. The molecule has 1 unspecified atom stereocenters. The van der Waals surface area contributed by atoms with Crippen LogP contribution in [0.4, 0.5) is 16.2 Å². The van der Waals surface area contributed by atoms with E-state index in [9.17, 15) is 9.59 Å². The highest BCUT2D eigenvalue weighted by Crippen LogP contribution is 2.18. The van der Waals surface area contributed by atoms with E-state index >= 15 is 0 Å². The summed E-state index contributed by atoms with van der Waals surface area (Å²) >= 11 is 0. The summed E-state index contributed by atoms with van der Waals surface area (Å²) in [5.41, 5.74) is 4.12. The number of ether oxygens (including phenoxy) is 1. The van der Waals surface area contributed by atoms with Crippen molar-refractivity contribution in [3.8, 4) is 0 Å². The first-order valence-electron chi connectivity index (χ1n) is 7.70. The molecular formula is C18H18N4O3. The minimum atomic E-state index is -0.923. The van der Waals surface area contributed by atoms with Crippen molar-refractivity contribution >= 4 is 23.3 Å². The molecule has 128 valence electrons. The standard InChI is InChI=1S/C18H18N4O3/c1-25-15-12-22(14-10-6-3-7-11-14)21-17(23)16(15)20-18(24)19-13-8-4-2-5-9-13/h2-12,16H,1H3,(H,21,23)(H2,19,20,24). The van der Waals surface area contributed by atoms with Gasteiger partial charge in [-0.2, -0.15) is 0 Å². The van der Waals surface area contributed by atoms with Gasteiger partial charge in [-0.05, 0) is 24.3 Å². The first-order chi connectivity index (χ1) is 12.2. The summed E-state index contributed by atoms with van der Waals surface area (Å²) in [5, 5.41) is 6.83. The van der Waals surface area contributed by atoms with Crippen molar-refractivity contribution in [1.29, 1.82) is 0 Å². The van der Waals surface area contributed by atoms with Gasteiger partial charge in [-0.1, -0.05) is 36.4 Å². The molecule has 0 bridgehead atoms. The first kappa shape index (κ1) is 16.4. The number of carbonyl (C=O) groups is 2. The lowest BCUT2D eigenvalue weighted by Gasteiger charge is -2.31. The molecule has 2 aromatic carbocycles. The predicted octanol–water partition coefficient (Wildman–Crippen LogP) is 2.22. The number of hydrazine groups is 1. The van der Waals surface area contributed by atoms with Crippen LogP contribution in [0.15, 0.2) is 72.6 Å². The maximum Gasteiger partial charge on any atom is 0.320 e. The highest BCUT2D eigenvalue weighted by molar-refractivity contribution is 5.96. The molecule has 0 fully saturated rings. The van der Waals surface area contributed by atoms with Gasteiger partial charge in [0.1, 0.15) is 5.76 Å². The second-order valence-corrected chi connectivity index (χ2v) is 5.31. The first-order valence-corrected chi connectivity index (χ1v) is 7.70. The lowest BCUT2D eigenvalue weighted by molar-refractivity contribution is -0.123. The second-order valence-electron chi connectivity index (χ2n) is 5.31.